The average Bonchev–Trinajstić information content (AvgIpc) is 2.44. The normalized spacial score (nSPS) is 14.8. The van der Waals surface area contributed by atoms with Gasteiger partial charge in [-0.3, -0.25) is 4.79 Å². The third-order valence-corrected chi connectivity index (χ3v) is 4.79. The average molecular weight is 356 g/mol. The molecule has 6 nitrogen and oxygen atoms in total. The molecule has 0 saturated carbocycles. The molecule has 0 heterocycles. The molecule has 0 bridgehead atoms. The number of rotatable bonds is 6. The standard InChI is InChI=1S/C17H24O6S/c1-12-7-9-13(10-8-12)24(20,21)23-17(5,15(19)22-6)14(18)11-16(2,3)4/h7-10H,11H2,1-6H3. The summed E-state index contributed by atoms with van der Waals surface area (Å²) in [5, 5.41) is 0. The number of esters is 1. The molecule has 7 heteroatoms. The van der Waals surface area contributed by atoms with Crippen molar-refractivity contribution in [2.75, 3.05) is 7.11 Å². The van der Waals surface area contributed by atoms with Crippen LogP contribution in [0.4, 0.5) is 0 Å². The van der Waals surface area contributed by atoms with Crippen LogP contribution in [0, 0.1) is 12.3 Å². The van der Waals surface area contributed by atoms with Crippen molar-refractivity contribution in [1.82, 2.24) is 0 Å². The highest BCUT2D eigenvalue weighted by Crippen LogP contribution is 2.29. The van der Waals surface area contributed by atoms with Gasteiger partial charge in [0.25, 0.3) is 10.1 Å². The van der Waals surface area contributed by atoms with Crippen LogP contribution in [-0.2, 0) is 28.6 Å². The quantitative estimate of drug-likeness (QED) is 0.442. The largest absolute Gasteiger partial charge is 0.467 e. The number of hydrogen-bond donors (Lipinski definition) is 0. The predicted octanol–water partition coefficient (Wildman–Crippen LogP) is 2.64. The molecule has 0 aromatic heterocycles. The van der Waals surface area contributed by atoms with Crippen molar-refractivity contribution < 1.29 is 26.9 Å². The van der Waals surface area contributed by atoms with Crippen LogP contribution in [0.2, 0.25) is 0 Å². The fourth-order valence-corrected chi connectivity index (χ4v) is 3.18. The van der Waals surface area contributed by atoms with Crippen molar-refractivity contribution >= 4 is 21.9 Å². The number of Topliss-reactive ketones (excluding diaryl/α,β-unsaturated/α-hetero) is 1. The van der Waals surface area contributed by atoms with Crippen LogP contribution in [0.3, 0.4) is 0 Å². The van der Waals surface area contributed by atoms with E-state index in [2.05, 4.69) is 4.74 Å². The number of methoxy groups -OCH3 is 1. The van der Waals surface area contributed by atoms with E-state index in [1.807, 2.05) is 6.92 Å². The van der Waals surface area contributed by atoms with E-state index in [1.165, 1.54) is 12.1 Å². The van der Waals surface area contributed by atoms with Gasteiger partial charge < -0.3 is 4.74 Å². The molecule has 0 fully saturated rings. The molecule has 1 unspecified atom stereocenters. The number of benzene rings is 1. The van der Waals surface area contributed by atoms with Crippen LogP contribution < -0.4 is 0 Å². The van der Waals surface area contributed by atoms with Gasteiger partial charge in [-0.1, -0.05) is 38.5 Å². The lowest BCUT2D eigenvalue weighted by Gasteiger charge is -2.28. The zero-order valence-electron chi connectivity index (χ0n) is 14.9. The first-order valence-corrected chi connectivity index (χ1v) is 8.87. The van der Waals surface area contributed by atoms with Crippen LogP contribution in [0.1, 0.15) is 39.7 Å². The number of carbonyl (C=O) groups excluding carboxylic acids is 2. The third-order valence-electron chi connectivity index (χ3n) is 3.38. The van der Waals surface area contributed by atoms with Crippen LogP contribution in [0.15, 0.2) is 29.2 Å². The van der Waals surface area contributed by atoms with E-state index in [0.717, 1.165) is 19.6 Å². The molecule has 0 aliphatic carbocycles. The van der Waals surface area contributed by atoms with E-state index in [0.29, 0.717) is 0 Å². The Kier molecular flexibility index (Phi) is 5.95. The van der Waals surface area contributed by atoms with E-state index in [1.54, 1.807) is 32.9 Å². The molecule has 0 N–H and O–H groups in total. The molecule has 1 aromatic carbocycles. The molecular formula is C17H24O6S. The molecule has 134 valence electrons. The fourth-order valence-electron chi connectivity index (χ4n) is 2.01. The molecule has 0 saturated heterocycles. The molecular weight excluding hydrogens is 332 g/mol. The number of ketones is 1. The SMILES string of the molecule is COC(=O)C(C)(OS(=O)(=O)c1ccc(C)cc1)C(=O)CC(C)(C)C. The molecule has 1 aromatic rings. The van der Waals surface area contributed by atoms with E-state index in [9.17, 15) is 18.0 Å². The summed E-state index contributed by atoms with van der Waals surface area (Å²) in [6.45, 7) is 8.34. The second kappa shape index (κ2) is 7.03. The lowest BCUT2D eigenvalue weighted by atomic mass is 9.84. The Morgan fingerprint density at radius 3 is 1.96 bits per heavy atom. The van der Waals surface area contributed by atoms with E-state index in [-0.39, 0.29) is 11.3 Å². The number of carbonyl (C=O) groups is 2. The highest BCUT2D eigenvalue weighted by molar-refractivity contribution is 7.86. The maximum Gasteiger partial charge on any atom is 0.347 e. The summed E-state index contributed by atoms with van der Waals surface area (Å²) in [5.74, 6) is -1.70. The minimum atomic E-state index is -4.31. The third kappa shape index (κ3) is 4.88. The Labute approximate surface area is 143 Å². The zero-order valence-corrected chi connectivity index (χ0v) is 15.7. The maximum atomic E-state index is 12.6. The van der Waals surface area contributed by atoms with E-state index < -0.39 is 32.9 Å². The minimum Gasteiger partial charge on any atom is -0.467 e. The summed E-state index contributed by atoms with van der Waals surface area (Å²) in [6.07, 6.45) is -0.0397. The van der Waals surface area contributed by atoms with Crippen molar-refractivity contribution in [2.24, 2.45) is 5.41 Å². The summed E-state index contributed by atoms with van der Waals surface area (Å²) < 4.78 is 34.6. The van der Waals surface area contributed by atoms with Gasteiger partial charge in [0.15, 0.2) is 5.78 Å². The van der Waals surface area contributed by atoms with Gasteiger partial charge in [0, 0.05) is 6.42 Å². The number of hydrogen-bond acceptors (Lipinski definition) is 6. The molecule has 1 rings (SSSR count). The minimum absolute atomic E-state index is 0.0397. The second-order valence-electron chi connectivity index (χ2n) is 7.04. The molecule has 24 heavy (non-hydrogen) atoms. The Bertz CT molecular complexity index is 712. The first-order valence-electron chi connectivity index (χ1n) is 7.46. The zero-order chi connectivity index (χ0) is 18.8. The van der Waals surface area contributed by atoms with Crippen LogP contribution in [0.5, 0.6) is 0 Å². The van der Waals surface area contributed by atoms with Gasteiger partial charge >= 0.3 is 5.97 Å². The number of aryl methyl sites for hydroxylation is 1. The van der Waals surface area contributed by atoms with Gasteiger partial charge in [0.05, 0.1) is 12.0 Å². The molecule has 0 amide bonds. The highest BCUT2D eigenvalue weighted by Gasteiger charge is 2.48. The number of ether oxygens (including phenoxy) is 1. The maximum absolute atomic E-state index is 12.6. The Hall–Kier alpha value is -1.73. The summed E-state index contributed by atoms with van der Waals surface area (Å²) in [6, 6.07) is 5.92. The van der Waals surface area contributed by atoms with E-state index >= 15 is 0 Å². The van der Waals surface area contributed by atoms with Gasteiger partial charge in [-0.15, -0.1) is 0 Å². The first kappa shape index (κ1) is 20.3. The van der Waals surface area contributed by atoms with Crippen molar-refractivity contribution in [2.45, 2.75) is 51.5 Å². The Morgan fingerprint density at radius 2 is 1.54 bits per heavy atom. The monoisotopic (exact) mass is 356 g/mol. The fraction of sp³-hybridized carbons (Fsp3) is 0.529. The summed E-state index contributed by atoms with van der Waals surface area (Å²) in [4.78, 5) is 24.5. The summed E-state index contributed by atoms with van der Waals surface area (Å²) in [7, 11) is -3.24. The van der Waals surface area contributed by atoms with Gasteiger partial charge in [-0.25, -0.2) is 8.98 Å². The van der Waals surface area contributed by atoms with Crippen LogP contribution >= 0.6 is 0 Å². The van der Waals surface area contributed by atoms with Crippen molar-refractivity contribution in [3.8, 4) is 0 Å². The summed E-state index contributed by atoms with van der Waals surface area (Å²) >= 11 is 0. The van der Waals surface area contributed by atoms with Gasteiger partial charge in [-0.2, -0.15) is 8.42 Å². The first-order chi connectivity index (χ1) is 10.8. The Morgan fingerprint density at radius 1 is 1.04 bits per heavy atom. The Balaban J connectivity index is 3.25. The second-order valence-corrected chi connectivity index (χ2v) is 8.58. The van der Waals surface area contributed by atoms with E-state index in [4.69, 9.17) is 4.18 Å². The smallest absolute Gasteiger partial charge is 0.347 e. The lowest BCUT2D eigenvalue weighted by molar-refractivity contribution is -0.163. The molecule has 0 aliphatic heterocycles. The lowest BCUT2D eigenvalue weighted by Crippen LogP contribution is -2.49. The highest BCUT2D eigenvalue weighted by atomic mass is 32.2. The summed E-state index contributed by atoms with van der Waals surface area (Å²) in [5.41, 5.74) is -1.80. The van der Waals surface area contributed by atoms with Gasteiger partial charge in [-0.05, 0) is 31.4 Å². The van der Waals surface area contributed by atoms with Gasteiger partial charge in [0.2, 0.25) is 5.60 Å². The van der Waals surface area contributed by atoms with Crippen molar-refractivity contribution in [3.05, 3.63) is 29.8 Å². The van der Waals surface area contributed by atoms with Crippen molar-refractivity contribution in [1.29, 1.82) is 0 Å². The topological polar surface area (TPSA) is 86.7 Å². The molecule has 0 radical (unpaired) electrons. The van der Waals surface area contributed by atoms with Crippen LogP contribution in [0.25, 0.3) is 0 Å². The predicted molar refractivity (Wildman–Crippen MR) is 88.9 cm³/mol. The van der Waals surface area contributed by atoms with Gasteiger partial charge in [0.1, 0.15) is 0 Å². The molecule has 0 aliphatic rings. The van der Waals surface area contributed by atoms with Crippen LogP contribution in [-0.4, -0.2) is 32.9 Å². The molecule has 1 atom stereocenters. The van der Waals surface area contributed by atoms with Crippen molar-refractivity contribution in [3.63, 3.8) is 0 Å². The molecule has 0 spiro atoms.